The van der Waals surface area contributed by atoms with Gasteiger partial charge in [-0.2, -0.15) is 0 Å². The maximum Gasteiger partial charge on any atom is 0.119 e. The molecule has 1 unspecified atom stereocenters. The molecule has 96 valence electrons. The molecule has 1 aromatic carbocycles. The van der Waals surface area contributed by atoms with E-state index in [1.54, 1.807) is 0 Å². The van der Waals surface area contributed by atoms with E-state index in [0.29, 0.717) is 0 Å². The van der Waals surface area contributed by atoms with Gasteiger partial charge in [-0.05, 0) is 37.1 Å². The van der Waals surface area contributed by atoms with Crippen molar-refractivity contribution in [2.24, 2.45) is 0 Å². The predicted octanol–water partition coefficient (Wildman–Crippen LogP) is 3.41. The second-order valence-electron chi connectivity index (χ2n) is 4.35. The quantitative estimate of drug-likeness (QED) is 0.745. The number of hydrogen-bond donors (Lipinski definition) is 1. The van der Waals surface area contributed by atoms with Crippen LogP contribution in [0, 0.1) is 0 Å². The van der Waals surface area contributed by atoms with Crippen LogP contribution in [0.2, 0.25) is 0 Å². The Kier molecular flexibility index (Phi) is 6.71. The van der Waals surface area contributed by atoms with Crippen molar-refractivity contribution in [2.45, 2.75) is 46.1 Å². The van der Waals surface area contributed by atoms with Crippen molar-refractivity contribution < 1.29 is 4.74 Å². The first kappa shape index (κ1) is 14.0. The summed E-state index contributed by atoms with van der Waals surface area (Å²) in [5, 5.41) is 3.33. The van der Waals surface area contributed by atoms with Crippen LogP contribution in [0.3, 0.4) is 0 Å². The zero-order valence-electron chi connectivity index (χ0n) is 11.3. The van der Waals surface area contributed by atoms with Crippen LogP contribution >= 0.6 is 0 Å². The van der Waals surface area contributed by atoms with Gasteiger partial charge in [-0.1, -0.05) is 39.3 Å². The fourth-order valence-electron chi connectivity index (χ4n) is 1.79. The third-order valence-electron chi connectivity index (χ3n) is 2.84. The Morgan fingerprint density at radius 3 is 2.35 bits per heavy atom. The van der Waals surface area contributed by atoms with Crippen LogP contribution in [-0.4, -0.2) is 19.2 Å². The van der Waals surface area contributed by atoms with Crippen molar-refractivity contribution >= 4 is 0 Å². The molecule has 0 saturated carbocycles. The Morgan fingerprint density at radius 1 is 1.12 bits per heavy atom. The average molecular weight is 235 g/mol. The minimum absolute atomic E-state index is 0.270. The monoisotopic (exact) mass is 235 g/mol. The van der Waals surface area contributed by atoms with E-state index in [2.05, 4.69) is 50.4 Å². The highest BCUT2D eigenvalue weighted by Gasteiger charge is 2.06. The van der Waals surface area contributed by atoms with E-state index in [1.165, 1.54) is 12.0 Å². The highest BCUT2D eigenvalue weighted by atomic mass is 16.5. The smallest absolute Gasteiger partial charge is 0.119 e. The SMILES string of the molecule is CCCc1ccc(OC(CC)CNCC)cc1. The lowest BCUT2D eigenvalue weighted by atomic mass is 10.1. The van der Waals surface area contributed by atoms with Crippen molar-refractivity contribution in [3.05, 3.63) is 29.8 Å². The first-order valence-electron chi connectivity index (χ1n) is 6.76. The van der Waals surface area contributed by atoms with Crippen LogP contribution in [0.25, 0.3) is 0 Å². The number of benzene rings is 1. The molecular formula is C15H25NO. The van der Waals surface area contributed by atoms with Crippen molar-refractivity contribution in [1.82, 2.24) is 5.32 Å². The average Bonchev–Trinajstić information content (AvgIpc) is 2.37. The van der Waals surface area contributed by atoms with Crippen molar-refractivity contribution in [3.63, 3.8) is 0 Å². The van der Waals surface area contributed by atoms with E-state index in [1.807, 2.05) is 0 Å². The molecule has 2 nitrogen and oxygen atoms in total. The molecule has 0 amide bonds. The van der Waals surface area contributed by atoms with E-state index in [0.717, 1.165) is 31.7 Å². The lowest BCUT2D eigenvalue weighted by molar-refractivity contribution is 0.194. The van der Waals surface area contributed by atoms with E-state index in [-0.39, 0.29) is 6.10 Å². The molecular weight excluding hydrogens is 210 g/mol. The molecule has 0 heterocycles. The van der Waals surface area contributed by atoms with Crippen LogP contribution in [0.15, 0.2) is 24.3 Å². The fourth-order valence-corrected chi connectivity index (χ4v) is 1.79. The first-order chi connectivity index (χ1) is 8.30. The van der Waals surface area contributed by atoms with Crippen molar-refractivity contribution in [1.29, 1.82) is 0 Å². The summed E-state index contributed by atoms with van der Waals surface area (Å²) in [6.07, 6.45) is 3.64. The normalized spacial score (nSPS) is 12.4. The fraction of sp³-hybridized carbons (Fsp3) is 0.600. The number of hydrogen-bond acceptors (Lipinski definition) is 2. The molecule has 0 saturated heterocycles. The third kappa shape index (κ3) is 5.22. The van der Waals surface area contributed by atoms with Gasteiger partial charge < -0.3 is 10.1 Å². The summed E-state index contributed by atoms with van der Waals surface area (Å²) in [6, 6.07) is 8.50. The van der Waals surface area contributed by atoms with Gasteiger partial charge in [0.25, 0.3) is 0 Å². The van der Waals surface area contributed by atoms with Gasteiger partial charge in [-0.15, -0.1) is 0 Å². The van der Waals surface area contributed by atoms with Crippen molar-refractivity contribution in [2.75, 3.05) is 13.1 Å². The first-order valence-corrected chi connectivity index (χ1v) is 6.76. The van der Waals surface area contributed by atoms with Gasteiger partial charge >= 0.3 is 0 Å². The van der Waals surface area contributed by atoms with Crippen LogP contribution in [0.5, 0.6) is 5.75 Å². The Bertz CT molecular complexity index is 294. The summed E-state index contributed by atoms with van der Waals surface area (Å²) in [6.45, 7) is 8.40. The summed E-state index contributed by atoms with van der Waals surface area (Å²) >= 11 is 0. The maximum absolute atomic E-state index is 5.94. The molecule has 0 fully saturated rings. The molecule has 1 atom stereocenters. The predicted molar refractivity (Wildman–Crippen MR) is 73.7 cm³/mol. The molecule has 2 heteroatoms. The Balaban J connectivity index is 2.48. The van der Waals surface area contributed by atoms with Gasteiger partial charge in [-0.25, -0.2) is 0 Å². The minimum Gasteiger partial charge on any atom is -0.489 e. The second kappa shape index (κ2) is 8.13. The summed E-state index contributed by atoms with van der Waals surface area (Å²) < 4.78 is 5.94. The molecule has 0 aliphatic carbocycles. The zero-order chi connectivity index (χ0) is 12.5. The molecule has 0 radical (unpaired) electrons. The Hall–Kier alpha value is -1.02. The summed E-state index contributed by atoms with van der Waals surface area (Å²) in [5.41, 5.74) is 1.39. The molecule has 0 spiro atoms. The molecule has 0 bridgehead atoms. The largest absolute Gasteiger partial charge is 0.489 e. The molecule has 0 aliphatic heterocycles. The lowest BCUT2D eigenvalue weighted by Crippen LogP contribution is -2.30. The molecule has 1 rings (SSSR count). The van der Waals surface area contributed by atoms with E-state index in [9.17, 15) is 0 Å². The number of likely N-dealkylation sites (N-methyl/N-ethyl adjacent to an activating group) is 1. The Morgan fingerprint density at radius 2 is 1.82 bits per heavy atom. The van der Waals surface area contributed by atoms with Gasteiger partial charge in [0.1, 0.15) is 11.9 Å². The number of ether oxygens (including phenoxy) is 1. The van der Waals surface area contributed by atoms with Gasteiger partial charge in [0, 0.05) is 6.54 Å². The third-order valence-corrected chi connectivity index (χ3v) is 2.84. The zero-order valence-corrected chi connectivity index (χ0v) is 11.3. The van der Waals surface area contributed by atoms with E-state index >= 15 is 0 Å². The molecule has 17 heavy (non-hydrogen) atoms. The molecule has 1 aromatic rings. The highest BCUT2D eigenvalue weighted by molar-refractivity contribution is 5.27. The van der Waals surface area contributed by atoms with Gasteiger partial charge in [0.05, 0.1) is 0 Å². The molecule has 1 N–H and O–H groups in total. The topological polar surface area (TPSA) is 21.3 Å². The molecule has 0 aliphatic rings. The second-order valence-corrected chi connectivity index (χ2v) is 4.35. The molecule has 0 aromatic heterocycles. The van der Waals surface area contributed by atoms with Crippen LogP contribution in [-0.2, 0) is 6.42 Å². The van der Waals surface area contributed by atoms with Crippen LogP contribution in [0.4, 0.5) is 0 Å². The Labute approximate surface area is 105 Å². The van der Waals surface area contributed by atoms with Crippen molar-refractivity contribution in [3.8, 4) is 5.75 Å². The van der Waals surface area contributed by atoms with E-state index in [4.69, 9.17) is 4.74 Å². The van der Waals surface area contributed by atoms with Crippen LogP contribution < -0.4 is 10.1 Å². The lowest BCUT2D eigenvalue weighted by Gasteiger charge is -2.18. The summed E-state index contributed by atoms with van der Waals surface area (Å²) in [7, 11) is 0. The highest BCUT2D eigenvalue weighted by Crippen LogP contribution is 2.15. The van der Waals surface area contributed by atoms with E-state index < -0.39 is 0 Å². The van der Waals surface area contributed by atoms with Crippen LogP contribution in [0.1, 0.15) is 39.2 Å². The summed E-state index contributed by atoms with van der Waals surface area (Å²) in [5.74, 6) is 0.981. The minimum atomic E-state index is 0.270. The standard InChI is InChI=1S/C15H25NO/c1-4-7-13-8-10-15(11-9-13)17-14(5-2)12-16-6-3/h8-11,14,16H,4-7,12H2,1-3H3. The summed E-state index contributed by atoms with van der Waals surface area (Å²) in [4.78, 5) is 0. The number of nitrogens with one attached hydrogen (secondary N) is 1. The number of aryl methyl sites for hydroxylation is 1. The van der Waals surface area contributed by atoms with Gasteiger partial charge in [0.15, 0.2) is 0 Å². The van der Waals surface area contributed by atoms with Gasteiger partial charge in [0.2, 0.25) is 0 Å². The van der Waals surface area contributed by atoms with Gasteiger partial charge in [-0.3, -0.25) is 0 Å². The number of rotatable bonds is 8. The maximum atomic E-state index is 5.94.